The number of anilines is 2. The first kappa shape index (κ1) is 15.3. The van der Waals surface area contributed by atoms with Crippen LogP contribution in [0.4, 0.5) is 11.5 Å². The molecule has 0 atom stereocenters. The topological polar surface area (TPSA) is 63.2 Å². The number of benzene rings is 1. The third-order valence-electron chi connectivity index (χ3n) is 2.84. The number of ether oxygens (including phenoxy) is 1. The van der Waals surface area contributed by atoms with E-state index in [0.29, 0.717) is 28.7 Å². The minimum atomic E-state index is -0.262. The maximum absolute atomic E-state index is 12.2. The van der Waals surface area contributed by atoms with Gasteiger partial charge in [-0.1, -0.05) is 23.7 Å². The van der Waals surface area contributed by atoms with Crippen molar-refractivity contribution in [1.29, 1.82) is 0 Å². The smallest absolute Gasteiger partial charge is 0.257 e. The van der Waals surface area contributed by atoms with E-state index in [2.05, 4.69) is 15.6 Å². The van der Waals surface area contributed by atoms with Crippen LogP contribution >= 0.6 is 11.6 Å². The van der Waals surface area contributed by atoms with E-state index in [-0.39, 0.29) is 5.91 Å². The summed E-state index contributed by atoms with van der Waals surface area (Å²) in [4.78, 5) is 16.3. The molecule has 0 saturated carbocycles. The van der Waals surface area contributed by atoms with Gasteiger partial charge in [0.1, 0.15) is 5.82 Å². The van der Waals surface area contributed by atoms with Crippen LogP contribution in [0.2, 0.25) is 5.02 Å². The molecule has 0 unspecified atom stereocenters. The van der Waals surface area contributed by atoms with Crippen molar-refractivity contribution in [2.75, 3.05) is 24.8 Å². The molecular formula is C15H16ClN3O2. The molecule has 0 aliphatic rings. The molecule has 2 N–H and O–H groups in total. The number of nitrogens with one attached hydrogen (secondary N) is 2. The predicted molar refractivity (Wildman–Crippen MR) is 83.9 cm³/mol. The maximum Gasteiger partial charge on any atom is 0.257 e. The van der Waals surface area contributed by atoms with Crippen LogP contribution in [-0.4, -0.2) is 25.0 Å². The molecule has 0 aliphatic heterocycles. The van der Waals surface area contributed by atoms with Crippen LogP contribution in [-0.2, 0) is 11.3 Å². The van der Waals surface area contributed by atoms with Crippen LogP contribution in [0.5, 0.6) is 0 Å². The zero-order valence-corrected chi connectivity index (χ0v) is 12.6. The average Bonchev–Trinajstić information content (AvgIpc) is 2.48. The average molecular weight is 306 g/mol. The third kappa shape index (κ3) is 3.93. The summed E-state index contributed by atoms with van der Waals surface area (Å²) in [5.41, 5.74) is 2.08. The molecule has 0 radical (unpaired) electrons. The Bertz CT molecular complexity index is 647. The lowest BCUT2D eigenvalue weighted by atomic mass is 10.2. The number of methoxy groups -OCH3 is 1. The Hall–Kier alpha value is -2.11. The van der Waals surface area contributed by atoms with Gasteiger partial charge < -0.3 is 15.4 Å². The molecule has 1 aromatic carbocycles. The van der Waals surface area contributed by atoms with Crippen LogP contribution < -0.4 is 10.6 Å². The van der Waals surface area contributed by atoms with Crippen molar-refractivity contribution in [2.45, 2.75) is 6.61 Å². The van der Waals surface area contributed by atoms with Gasteiger partial charge in [-0.25, -0.2) is 4.98 Å². The number of carbonyl (C=O) groups is 1. The van der Waals surface area contributed by atoms with Crippen molar-refractivity contribution in [3.8, 4) is 0 Å². The molecule has 0 aliphatic carbocycles. The van der Waals surface area contributed by atoms with Gasteiger partial charge >= 0.3 is 0 Å². The highest BCUT2D eigenvalue weighted by Gasteiger charge is 2.10. The molecule has 0 saturated heterocycles. The van der Waals surface area contributed by atoms with Gasteiger partial charge in [0.15, 0.2) is 0 Å². The number of hydrogen-bond donors (Lipinski definition) is 2. The molecule has 0 fully saturated rings. The van der Waals surface area contributed by atoms with Crippen molar-refractivity contribution in [3.05, 3.63) is 52.7 Å². The molecule has 1 amide bonds. The third-order valence-corrected chi connectivity index (χ3v) is 3.12. The number of halogens is 1. The van der Waals surface area contributed by atoms with E-state index in [1.165, 1.54) is 6.20 Å². The molecule has 2 aromatic rings. The lowest BCUT2D eigenvalue weighted by Gasteiger charge is -2.08. The van der Waals surface area contributed by atoms with Crippen molar-refractivity contribution in [2.24, 2.45) is 0 Å². The molecule has 0 bridgehead atoms. The number of aromatic nitrogens is 1. The number of carbonyl (C=O) groups excluding carboxylic acids is 1. The molecule has 5 nitrogen and oxygen atoms in total. The number of pyridine rings is 1. The summed E-state index contributed by atoms with van der Waals surface area (Å²) in [5, 5.41) is 6.05. The van der Waals surface area contributed by atoms with Gasteiger partial charge in [0, 0.05) is 26.0 Å². The molecule has 2 rings (SSSR count). The summed E-state index contributed by atoms with van der Waals surface area (Å²) >= 11 is 6.02. The van der Waals surface area contributed by atoms with E-state index >= 15 is 0 Å². The van der Waals surface area contributed by atoms with Gasteiger partial charge in [0.25, 0.3) is 5.91 Å². The largest absolute Gasteiger partial charge is 0.380 e. The van der Waals surface area contributed by atoms with Crippen LogP contribution in [0, 0.1) is 0 Å². The second kappa shape index (κ2) is 7.06. The molecule has 110 valence electrons. The maximum atomic E-state index is 12.2. The Morgan fingerprint density at radius 3 is 2.86 bits per heavy atom. The van der Waals surface area contributed by atoms with Crippen molar-refractivity contribution >= 4 is 29.0 Å². The lowest BCUT2D eigenvalue weighted by Crippen LogP contribution is -2.12. The van der Waals surface area contributed by atoms with Crippen LogP contribution in [0.3, 0.4) is 0 Å². The first-order chi connectivity index (χ1) is 10.1. The second-order valence-electron chi connectivity index (χ2n) is 4.39. The highest BCUT2D eigenvalue weighted by Crippen LogP contribution is 2.20. The standard InChI is InChI=1S/C15H16ClN3O2/c1-17-14-13(16)7-11(8-18-14)15(20)19-12-5-3-4-10(6-12)9-21-2/h3-8H,9H2,1-2H3,(H,17,18)(H,19,20). The molecule has 21 heavy (non-hydrogen) atoms. The molecular weight excluding hydrogens is 290 g/mol. The Kier molecular flexibility index (Phi) is 5.14. The minimum absolute atomic E-state index is 0.262. The summed E-state index contributed by atoms with van der Waals surface area (Å²) in [6, 6.07) is 9.04. The lowest BCUT2D eigenvalue weighted by molar-refractivity contribution is 0.102. The summed E-state index contributed by atoms with van der Waals surface area (Å²) in [7, 11) is 3.34. The number of hydrogen-bond acceptors (Lipinski definition) is 4. The summed E-state index contributed by atoms with van der Waals surface area (Å²) in [5.74, 6) is 0.275. The van der Waals surface area contributed by atoms with Gasteiger partial charge in [-0.05, 0) is 23.8 Å². The first-order valence-corrected chi connectivity index (χ1v) is 6.74. The van der Waals surface area contributed by atoms with E-state index in [4.69, 9.17) is 16.3 Å². The second-order valence-corrected chi connectivity index (χ2v) is 4.80. The summed E-state index contributed by atoms with van der Waals surface area (Å²) in [6.45, 7) is 0.494. The van der Waals surface area contributed by atoms with E-state index in [1.54, 1.807) is 20.2 Å². The molecule has 1 heterocycles. The van der Waals surface area contributed by atoms with Crippen LogP contribution in [0.1, 0.15) is 15.9 Å². The van der Waals surface area contributed by atoms with E-state index in [1.807, 2.05) is 24.3 Å². The highest BCUT2D eigenvalue weighted by molar-refractivity contribution is 6.33. The molecule has 0 spiro atoms. The van der Waals surface area contributed by atoms with Gasteiger partial charge in [0.05, 0.1) is 17.2 Å². The van der Waals surface area contributed by atoms with Crippen LogP contribution in [0.15, 0.2) is 36.5 Å². The first-order valence-electron chi connectivity index (χ1n) is 6.36. The van der Waals surface area contributed by atoms with Crippen molar-refractivity contribution in [1.82, 2.24) is 4.98 Å². The summed E-state index contributed by atoms with van der Waals surface area (Å²) < 4.78 is 5.07. The minimum Gasteiger partial charge on any atom is -0.380 e. The Morgan fingerprint density at radius 2 is 2.19 bits per heavy atom. The van der Waals surface area contributed by atoms with Gasteiger partial charge in [-0.3, -0.25) is 4.79 Å². The monoisotopic (exact) mass is 305 g/mol. The van der Waals surface area contributed by atoms with E-state index < -0.39 is 0 Å². The van der Waals surface area contributed by atoms with Crippen LogP contribution in [0.25, 0.3) is 0 Å². The SMILES string of the molecule is CNc1ncc(C(=O)Nc2cccc(COC)c2)cc1Cl. The predicted octanol–water partition coefficient (Wildman–Crippen LogP) is 3.18. The zero-order chi connectivity index (χ0) is 15.2. The fourth-order valence-corrected chi connectivity index (χ4v) is 2.12. The van der Waals surface area contributed by atoms with Crippen molar-refractivity contribution in [3.63, 3.8) is 0 Å². The zero-order valence-electron chi connectivity index (χ0n) is 11.8. The van der Waals surface area contributed by atoms with E-state index in [0.717, 1.165) is 5.56 Å². The van der Waals surface area contributed by atoms with Crippen molar-refractivity contribution < 1.29 is 9.53 Å². The Balaban J connectivity index is 2.14. The van der Waals surface area contributed by atoms with Gasteiger partial charge in [0.2, 0.25) is 0 Å². The van der Waals surface area contributed by atoms with Gasteiger partial charge in [-0.2, -0.15) is 0 Å². The molecule has 6 heteroatoms. The van der Waals surface area contributed by atoms with E-state index in [9.17, 15) is 4.79 Å². The Labute approximate surface area is 128 Å². The number of rotatable bonds is 5. The molecule has 1 aromatic heterocycles. The number of nitrogens with zero attached hydrogens (tertiary/aromatic N) is 1. The fraction of sp³-hybridized carbons (Fsp3) is 0.200. The quantitative estimate of drug-likeness (QED) is 0.890. The summed E-state index contributed by atoms with van der Waals surface area (Å²) in [6.07, 6.45) is 1.48. The normalized spacial score (nSPS) is 10.2. The van der Waals surface area contributed by atoms with Gasteiger partial charge in [-0.15, -0.1) is 0 Å². The fourth-order valence-electron chi connectivity index (χ4n) is 1.85. The Morgan fingerprint density at radius 1 is 1.38 bits per heavy atom. The highest BCUT2D eigenvalue weighted by atomic mass is 35.5. The number of amides is 1.